The zero-order chi connectivity index (χ0) is 6.99. The number of hydrogen-bond acceptors (Lipinski definition) is 2. The summed E-state index contributed by atoms with van der Waals surface area (Å²) >= 11 is 0. The average molecular weight is 119 g/mol. The highest BCUT2D eigenvalue weighted by molar-refractivity contribution is 5.66. The Kier molecular flexibility index (Phi) is 12.6. The Morgan fingerprint density at radius 2 is 2.00 bits per heavy atom. The third kappa shape index (κ3) is 18.0. The summed E-state index contributed by atoms with van der Waals surface area (Å²) in [5.74, 6) is -0.711. The van der Waals surface area contributed by atoms with Crippen molar-refractivity contribution in [3.05, 3.63) is 0 Å². The van der Waals surface area contributed by atoms with E-state index < -0.39 is 5.97 Å². The highest BCUT2D eigenvalue weighted by Crippen LogP contribution is 1.82. The van der Waals surface area contributed by atoms with Crippen molar-refractivity contribution in [3.63, 3.8) is 0 Å². The lowest BCUT2D eigenvalue weighted by Crippen LogP contribution is -1.90. The van der Waals surface area contributed by atoms with Gasteiger partial charge in [-0.05, 0) is 13.5 Å². The van der Waals surface area contributed by atoms with Crippen LogP contribution in [0.15, 0.2) is 0 Å². The van der Waals surface area contributed by atoms with Crippen molar-refractivity contribution in [2.24, 2.45) is 5.73 Å². The lowest BCUT2D eigenvalue weighted by molar-refractivity contribution is -0.137. The van der Waals surface area contributed by atoms with Crippen LogP contribution in [0.4, 0.5) is 0 Å². The molecule has 0 aromatic carbocycles. The summed E-state index contributed by atoms with van der Waals surface area (Å²) in [5, 5.41) is 7.91. The van der Waals surface area contributed by atoms with Crippen LogP contribution in [0.1, 0.15) is 19.8 Å². The van der Waals surface area contributed by atoms with Gasteiger partial charge in [0, 0.05) is 6.42 Å². The SMILES string of the molecule is CCCC(=O)O.CN. The molecule has 0 saturated carbocycles. The lowest BCUT2D eigenvalue weighted by atomic mass is 10.4. The van der Waals surface area contributed by atoms with Crippen molar-refractivity contribution in [3.8, 4) is 0 Å². The molecule has 0 spiro atoms. The molecule has 0 atom stereocenters. The quantitative estimate of drug-likeness (QED) is 0.554. The summed E-state index contributed by atoms with van der Waals surface area (Å²) in [7, 11) is 1.50. The number of hydrogen-bond donors (Lipinski definition) is 2. The van der Waals surface area contributed by atoms with E-state index >= 15 is 0 Å². The van der Waals surface area contributed by atoms with Gasteiger partial charge in [0.05, 0.1) is 0 Å². The van der Waals surface area contributed by atoms with Gasteiger partial charge in [-0.3, -0.25) is 4.79 Å². The summed E-state index contributed by atoms with van der Waals surface area (Å²) in [6.07, 6.45) is 1.02. The zero-order valence-corrected chi connectivity index (χ0v) is 5.35. The third-order valence-corrected chi connectivity index (χ3v) is 0.464. The van der Waals surface area contributed by atoms with Crippen LogP contribution in [0.3, 0.4) is 0 Å². The first kappa shape index (κ1) is 10.4. The maximum atomic E-state index is 9.60. The normalized spacial score (nSPS) is 6.88. The van der Waals surface area contributed by atoms with Crippen molar-refractivity contribution in [2.45, 2.75) is 19.8 Å². The minimum absolute atomic E-state index is 0.292. The van der Waals surface area contributed by atoms with Gasteiger partial charge in [0.15, 0.2) is 0 Å². The fourth-order valence-electron chi connectivity index (χ4n) is 0.214. The third-order valence-electron chi connectivity index (χ3n) is 0.464. The van der Waals surface area contributed by atoms with E-state index in [1.807, 2.05) is 6.92 Å². The van der Waals surface area contributed by atoms with Crippen LogP contribution in [-0.4, -0.2) is 18.1 Å². The number of nitrogens with two attached hydrogens (primary N) is 1. The second kappa shape index (κ2) is 9.66. The largest absolute Gasteiger partial charge is 0.481 e. The maximum Gasteiger partial charge on any atom is 0.303 e. The molecule has 0 amide bonds. The second-order valence-electron chi connectivity index (χ2n) is 1.14. The number of aliphatic carboxylic acids is 1. The van der Waals surface area contributed by atoms with Crippen LogP contribution in [-0.2, 0) is 4.79 Å². The molecule has 50 valence electrons. The van der Waals surface area contributed by atoms with E-state index in [0.717, 1.165) is 6.42 Å². The molecule has 0 rings (SSSR count). The maximum absolute atomic E-state index is 9.60. The minimum Gasteiger partial charge on any atom is -0.481 e. The first-order chi connectivity index (χ1) is 3.77. The topological polar surface area (TPSA) is 63.3 Å². The Morgan fingerprint density at radius 1 is 1.62 bits per heavy atom. The predicted molar refractivity (Wildman–Crippen MR) is 32.7 cm³/mol. The molecule has 8 heavy (non-hydrogen) atoms. The van der Waals surface area contributed by atoms with Gasteiger partial charge < -0.3 is 10.8 Å². The van der Waals surface area contributed by atoms with Gasteiger partial charge in [0.1, 0.15) is 0 Å². The smallest absolute Gasteiger partial charge is 0.303 e. The molecule has 0 fully saturated rings. The molecular weight excluding hydrogens is 106 g/mol. The monoisotopic (exact) mass is 119 g/mol. The molecule has 0 unspecified atom stereocenters. The standard InChI is InChI=1S/C4H8O2.CH5N/c1-2-3-4(5)6;1-2/h2-3H2,1H3,(H,5,6);2H2,1H3. The molecule has 0 aliphatic heterocycles. The lowest BCUT2D eigenvalue weighted by Gasteiger charge is -1.79. The molecule has 0 aliphatic carbocycles. The van der Waals surface area contributed by atoms with Crippen molar-refractivity contribution >= 4 is 5.97 Å². The van der Waals surface area contributed by atoms with E-state index in [0.29, 0.717) is 6.42 Å². The molecule has 3 heteroatoms. The van der Waals surface area contributed by atoms with Crippen molar-refractivity contribution < 1.29 is 9.90 Å². The molecule has 0 aliphatic rings. The molecule has 0 saturated heterocycles. The summed E-state index contributed by atoms with van der Waals surface area (Å²) in [6, 6.07) is 0. The Hall–Kier alpha value is -0.570. The molecule has 0 aromatic rings. The van der Waals surface area contributed by atoms with Crippen LogP contribution in [0, 0.1) is 0 Å². The highest BCUT2D eigenvalue weighted by Gasteiger charge is 1.87. The van der Waals surface area contributed by atoms with E-state index in [1.165, 1.54) is 7.05 Å². The zero-order valence-electron chi connectivity index (χ0n) is 5.35. The fourth-order valence-corrected chi connectivity index (χ4v) is 0.214. The Balaban J connectivity index is 0. The molecule has 3 nitrogen and oxygen atoms in total. The summed E-state index contributed by atoms with van der Waals surface area (Å²) in [6.45, 7) is 1.84. The van der Waals surface area contributed by atoms with E-state index in [9.17, 15) is 4.79 Å². The van der Waals surface area contributed by atoms with Gasteiger partial charge in [0.25, 0.3) is 0 Å². The average Bonchev–Trinajstić information content (AvgIpc) is 1.72. The molecule has 0 aromatic heterocycles. The van der Waals surface area contributed by atoms with E-state index in [4.69, 9.17) is 5.11 Å². The number of rotatable bonds is 2. The highest BCUT2D eigenvalue weighted by atomic mass is 16.4. The van der Waals surface area contributed by atoms with Crippen LogP contribution in [0.5, 0.6) is 0 Å². The van der Waals surface area contributed by atoms with E-state index in [-0.39, 0.29) is 0 Å². The summed E-state index contributed by atoms with van der Waals surface area (Å²) < 4.78 is 0. The van der Waals surface area contributed by atoms with Crippen molar-refractivity contribution in [2.75, 3.05) is 7.05 Å². The first-order valence-electron chi connectivity index (χ1n) is 2.57. The number of carbonyl (C=O) groups is 1. The molecule has 0 bridgehead atoms. The Bertz CT molecular complexity index is 54.4. The molecule has 3 N–H and O–H groups in total. The molecular formula is C5H13NO2. The van der Waals surface area contributed by atoms with Crippen LogP contribution < -0.4 is 5.73 Å². The predicted octanol–water partition coefficient (Wildman–Crippen LogP) is 0.446. The van der Waals surface area contributed by atoms with E-state index in [2.05, 4.69) is 5.73 Å². The summed E-state index contributed by atoms with van der Waals surface area (Å²) in [4.78, 5) is 9.60. The van der Waals surface area contributed by atoms with Gasteiger partial charge in [-0.25, -0.2) is 0 Å². The van der Waals surface area contributed by atoms with Crippen molar-refractivity contribution in [1.29, 1.82) is 0 Å². The van der Waals surface area contributed by atoms with Crippen LogP contribution in [0.25, 0.3) is 0 Å². The van der Waals surface area contributed by atoms with Gasteiger partial charge in [-0.2, -0.15) is 0 Å². The number of carboxylic acid groups (broad SMARTS) is 1. The van der Waals surface area contributed by atoms with Crippen molar-refractivity contribution in [1.82, 2.24) is 0 Å². The second-order valence-corrected chi connectivity index (χ2v) is 1.14. The molecule has 0 radical (unpaired) electrons. The van der Waals surface area contributed by atoms with Gasteiger partial charge in [-0.1, -0.05) is 6.92 Å². The minimum atomic E-state index is -0.711. The Morgan fingerprint density at radius 3 is 2.00 bits per heavy atom. The molecule has 0 heterocycles. The van der Waals surface area contributed by atoms with E-state index in [1.54, 1.807) is 0 Å². The fraction of sp³-hybridized carbons (Fsp3) is 0.800. The van der Waals surface area contributed by atoms with Crippen LogP contribution >= 0.6 is 0 Å². The number of carboxylic acids is 1. The summed E-state index contributed by atoms with van der Waals surface area (Å²) in [5.41, 5.74) is 4.50. The Labute approximate surface area is 49.5 Å². The van der Waals surface area contributed by atoms with Gasteiger partial charge >= 0.3 is 5.97 Å². The van der Waals surface area contributed by atoms with Gasteiger partial charge in [0.2, 0.25) is 0 Å². The first-order valence-corrected chi connectivity index (χ1v) is 2.57. The van der Waals surface area contributed by atoms with Crippen LogP contribution in [0.2, 0.25) is 0 Å². The van der Waals surface area contributed by atoms with Gasteiger partial charge in [-0.15, -0.1) is 0 Å².